The van der Waals surface area contributed by atoms with Crippen molar-refractivity contribution in [3.05, 3.63) is 113 Å². The molecule has 0 bridgehead atoms. The average molecular weight is 631 g/mol. The Balaban J connectivity index is 1.30. The van der Waals surface area contributed by atoms with Crippen LogP contribution in [0.15, 0.2) is 94.7 Å². The van der Waals surface area contributed by atoms with Crippen molar-refractivity contribution in [1.82, 2.24) is 14.6 Å². The normalized spacial score (nSPS) is 15.6. The van der Waals surface area contributed by atoms with Crippen LogP contribution < -0.4 is 10.0 Å². The number of amides is 2. The third-order valence-corrected chi connectivity index (χ3v) is 9.31. The highest BCUT2D eigenvalue weighted by molar-refractivity contribution is 8.00. The van der Waals surface area contributed by atoms with Gasteiger partial charge in [0.2, 0.25) is 0 Å². The molecule has 2 aromatic carbocycles. The van der Waals surface area contributed by atoms with Gasteiger partial charge in [0.1, 0.15) is 0 Å². The number of aryl methyl sites for hydroxylation is 1. The number of furan rings is 1. The minimum Gasteiger partial charge on any atom is -0.459 e. The van der Waals surface area contributed by atoms with Crippen LogP contribution in [-0.4, -0.2) is 56.8 Å². The van der Waals surface area contributed by atoms with Crippen LogP contribution >= 0.6 is 0 Å². The van der Waals surface area contributed by atoms with E-state index in [1.54, 1.807) is 78.6 Å². The Kier molecular flexibility index (Phi) is 9.76. The molecule has 0 saturated carbocycles. The van der Waals surface area contributed by atoms with E-state index in [0.717, 1.165) is 5.56 Å². The minimum atomic E-state index is -3.19. The summed E-state index contributed by atoms with van der Waals surface area (Å²) in [5.41, 5.74) is 2.48. The lowest BCUT2D eigenvalue weighted by Gasteiger charge is -2.32. The number of anilines is 1. The first-order valence-electron chi connectivity index (χ1n) is 14.4. The Labute approximate surface area is 261 Å². The summed E-state index contributed by atoms with van der Waals surface area (Å²) in [6, 6.07) is 18.7. The molecule has 4 aromatic rings. The molecule has 0 aliphatic carbocycles. The molecule has 45 heavy (non-hydrogen) atoms. The molecular formula is C34H32F2N4O4S. The van der Waals surface area contributed by atoms with Crippen molar-refractivity contribution in [2.24, 2.45) is 0 Å². The summed E-state index contributed by atoms with van der Waals surface area (Å²) in [6.45, 7) is 2.30. The minimum absolute atomic E-state index is 0.127. The molecule has 1 unspecified atom stereocenters. The standard InChI is InChI=1S/C34H32F2N4O4S/c1-25-14-18-44-31(25)33(42)38-29-9-5-8-26(21-29)12-13-27-20-28(23-37-22-27)32(41)39-45(43,30-10-3-2-4-11-30)19-7-17-40-16-6-15-34(35,36)24-40/h2-5,8-11,14,18-23H,6-7,15-17,24H2,1H3,(H,38,42)(H,39,41,43). The Hall–Kier alpha value is -4.79. The molecule has 1 aliphatic rings. The lowest BCUT2D eigenvalue weighted by atomic mass is 10.1. The predicted octanol–water partition coefficient (Wildman–Crippen LogP) is 5.55. The number of benzene rings is 2. The number of hydrogen-bond acceptors (Lipinski definition) is 6. The van der Waals surface area contributed by atoms with Crippen LogP contribution in [0.2, 0.25) is 0 Å². The second-order valence-corrected chi connectivity index (χ2v) is 12.9. The molecule has 1 fully saturated rings. The Morgan fingerprint density at radius 3 is 2.60 bits per heavy atom. The van der Waals surface area contributed by atoms with Crippen molar-refractivity contribution in [2.75, 3.05) is 25.0 Å². The van der Waals surface area contributed by atoms with Crippen LogP contribution in [0.5, 0.6) is 0 Å². The Morgan fingerprint density at radius 2 is 1.84 bits per heavy atom. The van der Waals surface area contributed by atoms with Gasteiger partial charge in [-0.1, -0.05) is 36.1 Å². The molecule has 1 saturated heterocycles. The highest BCUT2D eigenvalue weighted by Crippen LogP contribution is 2.26. The van der Waals surface area contributed by atoms with Gasteiger partial charge in [0.15, 0.2) is 5.76 Å². The van der Waals surface area contributed by atoms with E-state index in [4.69, 9.17) is 4.42 Å². The smallest absolute Gasteiger partial charge is 0.291 e. The fourth-order valence-electron chi connectivity index (χ4n) is 4.90. The Bertz CT molecular complexity index is 1870. The van der Waals surface area contributed by atoms with E-state index in [2.05, 4.69) is 26.9 Å². The molecule has 0 spiro atoms. The fourth-order valence-corrected chi connectivity index (χ4v) is 6.69. The third kappa shape index (κ3) is 8.44. The van der Waals surface area contributed by atoms with Crippen LogP contribution in [-0.2, 0) is 9.71 Å². The van der Waals surface area contributed by atoms with E-state index in [1.165, 1.54) is 24.0 Å². The first-order valence-corrected chi connectivity index (χ1v) is 16.0. The van der Waals surface area contributed by atoms with E-state index in [-0.39, 0.29) is 36.6 Å². The second kappa shape index (κ2) is 13.9. The lowest BCUT2D eigenvalue weighted by Crippen LogP contribution is -2.43. The van der Waals surface area contributed by atoms with Crippen LogP contribution in [0.25, 0.3) is 0 Å². The zero-order valence-corrected chi connectivity index (χ0v) is 25.4. The number of carbonyl (C=O) groups excluding carboxylic acids is 2. The number of alkyl halides is 2. The van der Waals surface area contributed by atoms with Crippen molar-refractivity contribution < 1.29 is 27.0 Å². The van der Waals surface area contributed by atoms with Crippen molar-refractivity contribution in [2.45, 2.75) is 37.0 Å². The summed E-state index contributed by atoms with van der Waals surface area (Å²) < 4.78 is 49.7. The molecule has 11 heteroatoms. The molecular weight excluding hydrogens is 598 g/mol. The average Bonchev–Trinajstić information content (AvgIpc) is 3.46. The number of aromatic nitrogens is 1. The molecule has 232 valence electrons. The summed E-state index contributed by atoms with van der Waals surface area (Å²) in [6.07, 6.45) is 4.83. The van der Waals surface area contributed by atoms with Crippen LogP contribution in [0.4, 0.5) is 14.5 Å². The van der Waals surface area contributed by atoms with Gasteiger partial charge >= 0.3 is 0 Å². The quantitative estimate of drug-likeness (QED) is 0.196. The van der Waals surface area contributed by atoms with Crippen LogP contribution in [0.1, 0.15) is 56.9 Å². The Morgan fingerprint density at radius 1 is 1.04 bits per heavy atom. The number of nitrogens with one attached hydrogen (secondary N) is 2. The van der Waals surface area contributed by atoms with Gasteiger partial charge in [-0.25, -0.2) is 13.0 Å². The van der Waals surface area contributed by atoms with E-state index >= 15 is 0 Å². The maximum absolute atomic E-state index is 14.1. The van der Waals surface area contributed by atoms with Crippen LogP contribution in [0, 0.1) is 18.8 Å². The maximum Gasteiger partial charge on any atom is 0.291 e. The van der Waals surface area contributed by atoms with E-state index in [1.807, 2.05) is 0 Å². The molecule has 2 N–H and O–H groups in total. The van der Waals surface area contributed by atoms with Gasteiger partial charge in [-0.15, -0.1) is 0 Å². The van der Waals surface area contributed by atoms with E-state index in [0.29, 0.717) is 41.2 Å². The van der Waals surface area contributed by atoms with Gasteiger partial charge < -0.3 is 9.73 Å². The number of rotatable bonds is 8. The van der Waals surface area contributed by atoms with E-state index in [9.17, 15) is 22.6 Å². The van der Waals surface area contributed by atoms with Crippen molar-refractivity contribution in [1.29, 1.82) is 0 Å². The zero-order valence-electron chi connectivity index (χ0n) is 24.6. The first-order chi connectivity index (χ1) is 21.6. The monoisotopic (exact) mass is 630 g/mol. The number of likely N-dealkylation sites (tertiary alicyclic amines) is 1. The number of hydrogen-bond donors (Lipinski definition) is 2. The fraction of sp³-hybridized carbons (Fsp3) is 0.235. The van der Waals surface area contributed by atoms with Crippen molar-refractivity contribution in [3.8, 4) is 11.8 Å². The number of piperidine rings is 1. The lowest BCUT2D eigenvalue weighted by molar-refractivity contribution is -0.0630. The summed E-state index contributed by atoms with van der Waals surface area (Å²) in [5.74, 6) is 2.50. The maximum atomic E-state index is 14.1. The topological polar surface area (TPSA) is 105 Å². The summed E-state index contributed by atoms with van der Waals surface area (Å²) in [4.78, 5) is 32.0. The van der Waals surface area contributed by atoms with Gasteiger partial charge in [0.25, 0.3) is 17.7 Å². The van der Waals surface area contributed by atoms with E-state index < -0.39 is 21.5 Å². The molecule has 2 amide bonds. The van der Waals surface area contributed by atoms with Crippen molar-refractivity contribution >= 4 is 32.6 Å². The number of carbonyl (C=O) groups is 2. The molecule has 1 aliphatic heterocycles. The summed E-state index contributed by atoms with van der Waals surface area (Å²) in [7, 11) is -3.19. The number of nitrogens with zero attached hydrogens (tertiary/aromatic N) is 2. The van der Waals surface area contributed by atoms with Gasteiger partial charge in [0.05, 0.1) is 28.1 Å². The summed E-state index contributed by atoms with van der Waals surface area (Å²) in [5, 5.41) is 4.29. The molecule has 2 aromatic heterocycles. The molecule has 0 radical (unpaired) electrons. The predicted molar refractivity (Wildman–Crippen MR) is 170 cm³/mol. The van der Waals surface area contributed by atoms with Crippen molar-refractivity contribution in [3.63, 3.8) is 0 Å². The van der Waals surface area contributed by atoms with Crippen LogP contribution in [0.3, 0.4) is 0 Å². The largest absolute Gasteiger partial charge is 0.459 e. The zero-order chi connectivity index (χ0) is 31.9. The third-order valence-electron chi connectivity index (χ3n) is 7.15. The molecule has 3 heterocycles. The number of pyridine rings is 1. The molecule has 5 rings (SSSR count). The number of halogens is 2. The highest BCUT2D eigenvalue weighted by atomic mass is 32.2. The molecule has 1 atom stereocenters. The molecule has 8 nitrogen and oxygen atoms in total. The van der Waals surface area contributed by atoms with Gasteiger partial charge in [-0.3, -0.25) is 24.2 Å². The highest BCUT2D eigenvalue weighted by Gasteiger charge is 2.34. The summed E-state index contributed by atoms with van der Waals surface area (Å²) >= 11 is 0. The van der Waals surface area contributed by atoms with Gasteiger partial charge in [0, 0.05) is 52.6 Å². The SMILES string of the molecule is Cc1ccoc1C(=O)Nc1cccc(C#Cc2cncc(C(=O)NS(=O)(=CCCN3CCCC(F)(F)C3)c3ccccc3)c2)c1. The second-order valence-electron chi connectivity index (χ2n) is 10.7. The van der Waals surface area contributed by atoms with Gasteiger partial charge in [-0.05, 0) is 74.1 Å². The van der Waals surface area contributed by atoms with Gasteiger partial charge in [-0.2, -0.15) is 0 Å². The first kappa shape index (κ1) is 31.6.